The number of nitrogens with zero attached hydrogens (tertiary/aromatic N) is 4. The molecule has 6 nitrogen and oxygen atoms in total. The summed E-state index contributed by atoms with van der Waals surface area (Å²) in [5.74, 6) is 0. The van der Waals surface area contributed by atoms with Crippen LogP contribution in [-0.4, -0.2) is 47.0 Å². The van der Waals surface area contributed by atoms with Gasteiger partial charge in [-0.2, -0.15) is 0 Å². The Bertz CT molecular complexity index is 1040. The van der Waals surface area contributed by atoms with Crippen LogP contribution in [0, 0.1) is 0 Å². The van der Waals surface area contributed by atoms with Gasteiger partial charge in [0.2, 0.25) is 0 Å². The minimum Gasteiger partial charge on any atom is -0.369 e. The van der Waals surface area contributed by atoms with E-state index in [1.165, 1.54) is 22.5 Å². The van der Waals surface area contributed by atoms with Gasteiger partial charge >= 0.3 is 0 Å². The quantitative estimate of drug-likeness (QED) is 0.648. The Kier molecular flexibility index (Phi) is 5.91. The lowest BCUT2D eigenvalue weighted by atomic mass is 10.2. The summed E-state index contributed by atoms with van der Waals surface area (Å²) >= 11 is 0. The van der Waals surface area contributed by atoms with Gasteiger partial charge in [-0.1, -0.05) is 36.4 Å². The van der Waals surface area contributed by atoms with Crippen LogP contribution in [0.4, 0.5) is 5.69 Å². The molecule has 150 valence electrons. The predicted octanol–water partition coefficient (Wildman–Crippen LogP) is 2.21. The average Bonchev–Trinajstić information content (AvgIpc) is 2.78. The highest BCUT2D eigenvalue weighted by atomic mass is 16.2. The monoisotopic (exact) mass is 390 g/mol. The summed E-state index contributed by atoms with van der Waals surface area (Å²) in [5.41, 5.74) is 1.65. The molecule has 2 heterocycles. The second kappa shape index (κ2) is 8.92. The van der Waals surface area contributed by atoms with Crippen LogP contribution in [0.25, 0.3) is 5.69 Å². The summed E-state index contributed by atoms with van der Waals surface area (Å²) in [6, 6.07) is 22.5. The van der Waals surface area contributed by atoms with E-state index in [1.807, 2.05) is 36.4 Å². The minimum absolute atomic E-state index is 0.151. The summed E-state index contributed by atoms with van der Waals surface area (Å²) in [5, 5.41) is 0. The van der Waals surface area contributed by atoms with Gasteiger partial charge in [-0.05, 0) is 30.7 Å². The Morgan fingerprint density at radius 3 is 1.86 bits per heavy atom. The third kappa shape index (κ3) is 4.49. The van der Waals surface area contributed by atoms with Crippen molar-refractivity contribution in [1.82, 2.24) is 14.3 Å². The Morgan fingerprint density at radius 2 is 1.21 bits per heavy atom. The average molecular weight is 390 g/mol. The van der Waals surface area contributed by atoms with Crippen molar-refractivity contribution in [2.75, 3.05) is 37.6 Å². The number of benzene rings is 2. The third-order valence-electron chi connectivity index (χ3n) is 5.41. The van der Waals surface area contributed by atoms with Crippen molar-refractivity contribution in [2.45, 2.75) is 13.0 Å². The first kappa shape index (κ1) is 19.2. The number of para-hydroxylation sites is 2. The van der Waals surface area contributed by atoms with Crippen molar-refractivity contribution in [3.05, 3.63) is 93.5 Å². The molecule has 2 aromatic carbocycles. The van der Waals surface area contributed by atoms with Crippen LogP contribution in [0.15, 0.2) is 82.4 Å². The third-order valence-corrected chi connectivity index (χ3v) is 5.41. The second-order valence-corrected chi connectivity index (χ2v) is 7.30. The first-order chi connectivity index (χ1) is 14.2. The smallest absolute Gasteiger partial charge is 0.270 e. The van der Waals surface area contributed by atoms with Gasteiger partial charge < -0.3 is 4.90 Å². The number of hydrogen-bond donors (Lipinski definition) is 0. The first-order valence-corrected chi connectivity index (χ1v) is 10.1. The fraction of sp³-hybridized carbons (Fsp3) is 0.304. The van der Waals surface area contributed by atoms with Gasteiger partial charge in [0.05, 0.1) is 5.69 Å². The molecule has 4 rings (SSSR count). The van der Waals surface area contributed by atoms with Gasteiger partial charge in [-0.3, -0.25) is 14.5 Å². The fourth-order valence-electron chi connectivity index (χ4n) is 3.88. The van der Waals surface area contributed by atoms with E-state index in [0.29, 0.717) is 12.2 Å². The van der Waals surface area contributed by atoms with Gasteiger partial charge in [0.25, 0.3) is 11.1 Å². The topological polar surface area (TPSA) is 50.5 Å². The molecule has 0 aliphatic carbocycles. The predicted molar refractivity (Wildman–Crippen MR) is 116 cm³/mol. The summed E-state index contributed by atoms with van der Waals surface area (Å²) in [4.78, 5) is 29.7. The maximum Gasteiger partial charge on any atom is 0.270 e. The SMILES string of the molecule is O=c1ccc(=O)n(-c2ccccc2)n1CCCN1CCN(c2ccccc2)CC1. The molecule has 0 radical (unpaired) electrons. The second-order valence-electron chi connectivity index (χ2n) is 7.30. The normalized spacial score (nSPS) is 14.8. The van der Waals surface area contributed by atoms with E-state index in [2.05, 4.69) is 34.1 Å². The number of anilines is 1. The maximum atomic E-state index is 12.4. The highest BCUT2D eigenvalue weighted by Gasteiger charge is 2.17. The van der Waals surface area contributed by atoms with Gasteiger partial charge in [0.15, 0.2) is 0 Å². The van der Waals surface area contributed by atoms with Crippen molar-refractivity contribution < 1.29 is 0 Å². The molecular formula is C23H26N4O2. The number of piperazine rings is 1. The lowest BCUT2D eigenvalue weighted by molar-refractivity contribution is 0.247. The standard InChI is InChI=1S/C23H26N4O2/c28-22-12-13-23(29)27(21-10-5-2-6-11-21)26(22)15-7-14-24-16-18-25(19-17-24)20-8-3-1-4-9-20/h1-6,8-13H,7,14-19H2. The first-order valence-electron chi connectivity index (χ1n) is 10.1. The van der Waals surface area contributed by atoms with Crippen LogP contribution in [0.1, 0.15) is 6.42 Å². The zero-order valence-electron chi connectivity index (χ0n) is 16.5. The summed E-state index contributed by atoms with van der Waals surface area (Å²) in [7, 11) is 0. The molecule has 1 aliphatic rings. The molecule has 1 aromatic heterocycles. The zero-order valence-corrected chi connectivity index (χ0v) is 16.5. The molecule has 0 amide bonds. The molecule has 1 aliphatic heterocycles. The molecule has 0 spiro atoms. The Hall–Kier alpha value is -3.12. The molecule has 0 N–H and O–H groups in total. The van der Waals surface area contributed by atoms with Gasteiger partial charge in [0.1, 0.15) is 0 Å². The van der Waals surface area contributed by atoms with E-state index >= 15 is 0 Å². The van der Waals surface area contributed by atoms with Gasteiger partial charge in [0, 0.05) is 57.1 Å². The highest BCUT2D eigenvalue weighted by Crippen LogP contribution is 2.15. The summed E-state index contributed by atoms with van der Waals surface area (Å²) in [6.45, 7) is 5.44. The van der Waals surface area contributed by atoms with Crippen LogP contribution in [0.3, 0.4) is 0 Å². The molecule has 6 heteroatoms. The Morgan fingerprint density at radius 1 is 0.621 bits per heavy atom. The molecule has 0 saturated carbocycles. The summed E-state index contributed by atoms with van der Waals surface area (Å²) < 4.78 is 3.04. The number of rotatable bonds is 6. The molecule has 0 unspecified atom stereocenters. The number of hydrogen-bond acceptors (Lipinski definition) is 4. The van der Waals surface area contributed by atoms with Crippen molar-refractivity contribution in [2.24, 2.45) is 0 Å². The molecule has 0 atom stereocenters. The van der Waals surface area contributed by atoms with Crippen molar-refractivity contribution in [1.29, 1.82) is 0 Å². The van der Waals surface area contributed by atoms with E-state index in [4.69, 9.17) is 0 Å². The molecule has 29 heavy (non-hydrogen) atoms. The van der Waals surface area contributed by atoms with Crippen molar-refractivity contribution in [3.63, 3.8) is 0 Å². The molecule has 0 bridgehead atoms. The molecule has 1 saturated heterocycles. The van der Waals surface area contributed by atoms with Crippen LogP contribution in [0.5, 0.6) is 0 Å². The van der Waals surface area contributed by atoms with Crippen LogP contribution >= 0.6 is 0 Å². The summed E-state index contributed by atoms with van der Waals surface area (Å²) in [6.07, 6.45) is 0.821. The van der Waals surface area contributed by atoms with Crippen LogP contribution < -0.4 is 16.0 Å². The Labute approximate surface area is 170 Å². The van der Waals surface area contributed by atoms with Crippen LogP contribution in [0.2, 0.25) is 0 Å². The van der Waals surface area contributed by atoms with Crippen molar-refractivity contribution >= 4 is 5.69 Å². The zero-order chi connectivity index (χ0) is 20.1. The lowest BCUT2D eigenvalue weighted by Crippen LogP contribution is -2.47. The van der Waals surface area contributed by atoms with Gasteiger partial charge in [-0.15, -0.1) is 0 Å². The van der Waals surface area contributed by atoms with Crippen LogP contribution in [-0.2, 0) is 6.54 Å². The molecule has 1 fully saturated rings. The molecule has 3 aromatic rings. The minimum atomic E-state index is -0.188. The maximum absolute atomic E-state index is 12.4. The van der Waals surface area contributed by atoms with Gasteiger partial charge in [-0.25, -0.2) is 9.36 Å². The highest BCUT2D eigenvalue weighted by molar-refractivity contribution is 5.46. The lowest BCUT2D eigenvalue weighted by Gasteiger charge is -2.36. The largest absolute Gasteiger partial charge is 0.369 e. The molecular weight excluding hydrogens is 364 g/mol. The number of aromatic nitrogens is 2. The van der Waals surface area contributed by atoms with Crippen molar-refractivity contribution in [3.8, 4) is 5.69 Å². The van der Waals surface area contributed by atoms with E-state index in [0.717, 1.165) is 39.1 Å². The van der Waals surface area contributed by atoms with E-state index in [1.54, 1.807) is 4.68 Å². The Balaban J connectivity index is 1.38. The van der Waals surface area contributed by atoms with E-state index in [-0.39, 0.29) is 11.1 Å². The fourth-order valence-corrected chi connectivity index (χ4v) is 3.88. The van der Waals surface area contributed by atoms with E-state index < -0.39 is 0 Å². The van der Waals surface area contributed by atoms with E-state index in [9.17, 15) is 9.59 Å².